The number of carbonyl (C=O) groups is 1. The van der Waals surface area contributed by atoms with Crippen molar-refractivity contribution in [1.82, 2.24) is 0 Å². The second-order valence-corrected chi connectivity index (χ2v) is 8.09. The molecule has 0 bridgehead atoms. The van der Waals surface area contributed by atoms with Gasteiger partial charge in [-0.15, -0.1) is 0 Å². The maximum absolute atomic E-state index is 12.8. The molecule has 9 nitrogen and oxygen atoms in total. The van der Waals surface area contributed by atoms with Crippen LogP contribution in [-0.4, -0.2) is 45.0 Å². The number of nitrogens with zero attached hydrogens (tertiary/aromatic N) is 2. The molecule has 168 valence electrons. The summed E-state index contributed by atoms with van der Waals surface area (Å²) in [6, 6.07) is 8.27. The summed E-state index contributed by atoms with van der Waals surface area (Å²) in [5.41, 5.74) is -6.28. The molecule has 2 aromatic carbocycles. The van der Waals surface area contributed by atoms with E-state index in [9.17, 15) is 36.5 Å². The molecule has 1 N–H and O–H groups in total. The molecule has 0 unspecified atom stereocenters. The molecule has 0 aliphatic rings. The molecule has 1 amide bonds. The summed E-state index contributed by atoms with van der Waals surface area (Å²) in [6.07, 6.45) is 0. The summed E-state index contributed by atoms with van der Waals surface area (Å²) in [6.45, 7) is 1.28. The third-order valence-corrected chi connectivity index (χ3v) is 5.65. The van der Waals surface area contributed by atoms with Gasteiger partial charge in [-0.3, -0.25) is 14.9 Å². The number of nitrogens with one attached hydrogen (secondary N) is 1. The van der Waals surface area contributed by atoms with Crippen LogP contribution in [-0.2, 0) is 14.6 Å². The maximum Gasteiger partial charge on any atom is 0.501 e. The zero-order chi connectivity index (χ0) is 23.4. The number of methoxy groups -OCH3 is 1. The van der Waals surface area contributed by atoms with Gasteiger partial charge in [0.2, 0.25) is 5.91 Å². The Morgan fingerprint density at radius 1 is 1.23 bits per heavy atom. The number of nitro benzene ring substituents is 1. The minimum atomic E-state index is -5.77. The fourth-order valence-corrected chi connectivity index (χ4v) is 3.44. The van der Waals surface area contributed by atoms with Crippen molar-refractivity contribution in [3.63, 3.8) is 0 Å². The van der Waals surface area contributed by atoms with E-state index in [4.69, 9.17) is 4.74 Å². The minimum absolute atomic E-state index is 0.0811. The normalized spacial score (nSPS) is 11.6. The monoisotopic (exact) mass is 461 g/mol. The molecule has 0 saturated heterocycles. The lowest BCUT2D eigenvalue weighted by molar-refractivity contribution is -0.384. The molecule has 13 heteroatoms. The maximum atomic E-state index is 12.8. The molecule has 0 saturated carbocycles. The summed E-state index contributed by atoms with van der Waals surface area (Å²) < 4.78 is 66.5. The standard InChI is InChI=1S/C18H18F3N3O6S/c1-3-23(11-17(25)22-12-5-4-6-13(9-12)30-2)15-8-7-14(10-16(15)24(26)27)31(28,29)18(19,20)21/h4-10H,3,11H2,1-2H3,(H,22,25). The molecule has 0 fully saturated rings. The van der Waals surface area contributed by atoms with E-state index in [1.165, 1.54) is 12.0 Å². The van der Waals surface area contributed by atoms with E-state index in [1.54, 1.807) is 31.2 Å². The molecule has 0 radical (unpaired) electrons. The average molecular weight is 461 g/mol. The number of nitro groups is 1. The molecular formula is C18H18F3N3O6S. The number of anilines is 2. The van der Waals surface area contributed by atoms with Gasteiger partial charge in [0.25, 0.3) is 15.5 Å². The van der Waals surface area contributed by atoms with E-state index >= 15 is 0 Å². The molecule has 0 atom stereocenters. The first-order valence-electron chi connectivity index (χ1n) is 8.69. The number of amides is 1. The fourth-order valence-electron chi connectivity index (χ4n) is 2.66. The highest BCUT2D eigenvalue weighted by atomic mass is 32.2. The van der Waals surface area contributed by atoms with Crippen molar-refractivity contribution in [2.24, 2.45) is 0 Å². The first-order chi connectivity index (χ1) is 14.4. The van der Waals surface area contributed by atoms with Gasteiger partial charge in [0.05, 0.1) is 23.5 Å². The number of halogens is 3. The smallest absolute Gasteiger partial charge is 0.497 e. The molecule has 2 rings (SSSR count). The van der Waals surface area contributed by atoms with Crippen molar-refractivity contribution in [3.8, 4) is 5.75 Å². The molecule has 31 heavy (non-hydrogen) atoms. The summed E-state index contributed by atoms with van der Waals surface area (Å²) in [5.74, 6) is -0.0707. The number of alkyl halides is 3. The highest BCUT2D eigenvalue weighted by Crippen LogP contribution is 2.36. The van der Waals surface area contributed by atoms with Gasteiger partial charge in [-0.05, 0) is 31.2 Å². The quantitative estimate of drug-likeness (QED) is 0.473. The third kappa shape index (κ3) is 5.42. The van der Waals surface area contributed by atoms with Gasteiger partial charge in [-0.1, -0.05) is 6.07 Å². The second-order valence-electron chi connectivity index (χ2n) is 6.15. The van der Waals surface area contributed by atoms with E-state index in [1.807, 2.05) is 0 Å². The number of likely N-dealkylation sites (N-methyl/N-ethyl adjacent to an activating group) is 1. The SMILES string of the molecule is CCN(CC(=O)Nc1cccc(OC)c1)c1ccc(S(=O)(=O)C(F)(F)F)cc1[N+](=O)[O-]. The van der Waals surface area contributed by atoms with Gasteiger partial charge in [0.1, 0.15) is 11.4 Å². The predicted molar refractivity (Wildman–Crippen MR) is 106 cm³/mol. The lowest BCUT2D eigenvalue weighted by atomic mass is 10.2. The lowest BCUT2D eigenvalue weighted by Gasteiger charge is -2.22. The van der Waals surface area contributed by atoms with Gasteiger partial charge in [-0.2, -0.15) is 13.2 Å². The van der Waals surface area contributed by atoms with Crippen molar-refractivity contribution < 1.29 is 36.0 Å². The number of ether oxygens (including phenoxy) is 1. The van der Waals surface area contributed by atoms with Crippen LogP contribution in [0.2, 0.25) is 0 Å². The van der Waals surface area contributed by atoms with Gasteiger partial charge in [0, 0.05) is 24.4 Å². The third-order valence-electron chi connectivity index (χ3n) is 4.17. The molecule has 0 heterocycles. The Labute approximate surface area is 175 Å². The van der Waals surface area contributed by atoms with Gasteiger partial charge < -0.3 is 15.0 Å². The van der Waals surface area contributed by atoms with Crippen LogP contribution in [0.4, 0.5) is 30.2 Å². The van der Waals surface area contributed by atoms with Crippen LogP contribution in [0, 0.1) is 10.1 Å². The Morgan fingerprint density at radius 3 is 2.45 bits per heavy atom. The summed E-state index contributed by atoms with van der Waals surface area (Å²) in [4.78, 5) is 22.8. The van der Waals surface area contributed by atoms with E-state index in [0.717, 1.165) is 6.07 Å². The van der Waals surface area contributed by atoms with Crippen LogP contribution in [0.3, 0.4) is 0 Å². The van der Waals surface area contributed by atoms with E-state index < -0.39 is 36.8 Å². The Balaban J connectivity index is 2.33. The average Bonchev–Trinajstić information content (AvgIpc) is 2.70. The van der Waals surface area contributed by atoms with Crippen molar-refractivity contribution in [2.75, 3.05) is 30.4 Å². The number of benzene rings is 2. The zero-order valence-corrected chi connectivity index (χ0v) is 17.2. The number of sulfone groups is 1. The van der Waals surface area contributed by atoms with Crippen molar-refractivity contribution >= 4 is 32.8 Å². The van der Waals surface area contributed by atoms with Gasteiger partial charge in [-0.25, -0.2) is 8.42 Å². The molecular weight excluding hydrogens is 443 g/mol. The van der Waals surface area contributed by atoms with Gasteiger partial charge >= 0.3 is 5.51 Å². The minimum Gasteiger partial charge on any atom is -0.497 e. The fraction of sp³-hybridized carbons (Fsp3) is 0.278. The van der Waals surface area contributed by atoms with E-state index in [-0.39, 0.29) is 18.8 Å². The van der Waals surface area contributed by atoms with Crippen LogP contribution >= 0.6 is 0 Å². The highest BCUT2D eigenvalue weighted by Gasteiger charge is 2.47. The Morgan fingerprint density at radius 2 is 1.90 bits per heavy atom. The lowest BCUT2D eigenvalue weighted by Crippen LogP contribution is -2.33. The molecule has 0 aromatic heterocycles. The largest absolute Gasteiger partial charge is 0.501 e. The first kappa shape index (κ1) is 23.9. The van der Waals surface area contributed by atoms with E-state index in [0.29, 0.717) is 23.6 Å². The van der Waals surface area contributed by atoms with Crippen molar-refractivity contribution in [3.05, 3.63) is 52.6 Å². The van der Waals surface area contributed by atoms with Gasteiger partial charge in [0.15, 0.2) is 0 Å². The number of rotatable bonds is 8. The summed E-state index contributed by atoms with van der Waals surface area (Å²) in [7, 11) is -4.32. The molecule has 0 aliphatic carbocycles. The Bertz CT molecular complexity index is 1090. The zero-order valence-electron chi connectivity index (χ0n) is 16.3. The number of hydrogen-bond acceptors (Lipinski definition) is 7. The second kappa shape index (κ2) is 9.20. The Hall–Kier alpha value is -3.35. The van der Waals surface area contributed by atoms with Crippen molar-refractivity contribution in [2.45, 2.75) is 17.3 Å². The van der Waals surface area contributed by atoms with Crippen LogP contribution in [0.1, 0.15) is 6.92 Å². The topological polar surface area (TPSA) is 119 Å². The predicted octanol–water partition coefficient (Wildman–Crippen LogP) is 3.36. The highest BCUT2D eigenvalue weighted by molar-refractivity contribution is 7.92. The number of carbonyl (C=O) groups excluding carboxylic acids is 1. The Kier molecular flexibility index (Phi) is 7.10. The molecule has 2 aromatic rings. The van der Waals surface area contributed by atoms with Crippen molar-refractivity contribution in [1.29, 1.82) is 0 Å². The molecule has 0 aliphatic heterocycles. The summed E-state index contributed by atoms with van der Waals surface area (Å²) in [5, 5.41) is 14.0. The van der Waals surface area contributed by atoms with Crippen LogP contribution in [0.25, 0.3) is 0 Å². The van der Waals surface area contributed by atoms with Crippen LogP contribution in [0.5, 0.6) is 5.75 Å². The number of hydrogen-bond donors (Lipinski definition) is 1. The molecule has 0 spiro atoms. The van der Waals surface area contributed by atoms with Crippen LogP contribution < -0.4 is 15.0 Å². The summed E-state index contributed by atoms with van der Waals surface area (Å²) >= 11 is 0. The van der Waals surface area contributed by atoms with E-state index in [2.05, 4.69) is 5.32 Å². The first-order valence-corrected chi connectivity index (χ1v) is 10.2. The van der Waals surface area contributed by atoms with Crippen LogP contribution in [0.15, 0.2) is 47.4 Å².